The van der Waals surface area contributed by atoms with Crippen LogP contribution in [-0.4, -0.2) is 9.97 Å². The van der Waals surface area contributed by atoms with Crippen LogP contribution < -0.4 is 0 Å². The minimum Gasteiger partial charge on any atom is -0.228 e. The lowest BCUT2D eigenvalue weighted by Crippen LogP contribution is -2.10. The SMILES string of the molecule is Brc1ccc(-c2nc(-c3ccccc3)nc3c2CCc2ccccc2-3)cc1. The molecular formula is C24H17BrN2. The van der Waals surface area contributed by atoms with Crippen molar-refractivity contribution < 1.29 is 0 Å². The number of aromatic nitrogens is 2. The zero-order chi connectivity index (χ0) is 18.2. The van der Waals surface area contributed by atoms with Crippen molar-refractivity contribution in [2.75, 3.05) is 0 Å². The van der Waals surface area contributed by atoms with Crippen LogP contribution in [0.3, 0.4) is 0 Å². The zero-order valence-electron chi connectivity index (χ0n) is 14.7. The maximum atomic E-state index is 5.01. The molecule has 0 bridgehead atoms. The first-order valence-electron chi connectivity index (χ1n) is 9.10. The quantitative estimate of drug-likeness (QED) is 0.383. The van der Waals surface area contributed by atoms with Gasteiger partial charge in [-0.3, -0.25) is 0 Å². The van der Waals surface area contributed by atoms with E-state index in [-0.39, 0.29) is 0 Å². The van der Waals surface area contributed by atoms with Crippen molar-refractivity contribution in [2.24, 2.45) is 0 Å². The molecule has 2 nitrogen and oxygen atoms in total. The molecule has 1 aromatic heterocycles. The second-order valence-corrected chi connectivity index (χ2v) is 7.67. The van der Waals surface area contributed by atoms with Crippen molar-refractivity contribution in [3.05, 3.63) is 94.5 Å². The van der Waals surface area contributed by atoms with Gasteiger partial charge in [0.05, 0.1) is 11.4 Å². The van der Waals surface area contributed by atoms with Gasteiger partial charge in [-0.1, -0.05) is 82.7 Å². The smallest absolute Gasteiger partial charge is 0.160 e. The van der Waals surface area contributed by atoms with Crippen molar-refractivity contribution in [3.8, 4) is 33.9 Å². The molecule has 1 aliphatic rings. The molecule has 1 heterocycles. The highest BCUT2D eigenvalue weighted by atomic mass is 79.9. The van der Waals surface area contributed by atoms with Crippen LogP contribution in [0, 0.1) is 0 Å². The molecule has 0 N–H and O–H groups in total. The van der Waals surface area contributed by atoms with E-state index in [2.05, 4.69) is 76.6 Å². The fourth-order valence-corrected chi connectivity index (χ4v) is 4.00. The Bertz CT molecular complexity index is 1120. The van der Waals surface area contributed by atoms with Crippen LogP contribution in [0.5, 0.6) is 0 Å². The summed E-state index contributed by atoms with van der Waals surface area (Å²) in [6, 6.07) is 27.2. The van der Waals surface area contributed by atoms with E-state index < -0.39 is 0 Å². The fraction of sp³-hybridized carbons (Fsp3) is 0.0833. The van der Waals surface area contributed by atoms with Gasteiger partial charge in [-0.05, 0) is 30.5 Å². The summed E-state index contributed by atoms with van der Waals surface area (Å²) in [4.78, 5) is 10.0. The third kappa shape index (κ3) is 2.98. The summed E-state index contributed by atoms with van der Waals surface area (Å²) < 4.78 is 1.07. The molecule has 0 aliphatic heterocycles. The molecule has 0 atom stereocenters. The van der Waals surface area contributed by atoms with E-state index in [1.807, 2.05) is 18.2 Å². The molecule has 0 unspecified atom stereocenters. The van der Waals surface area contributed by atoms with Crippen LogP contribution >= 0.6 is 15.9 Å². The van der Waals surface area contributed by atoms with Crippen molar-refractivity contribution in [1.82, 2.24) is 9.97 Å². The maximum Gasteiger partial charge on any atom is 0.160 e. The van der Waals surface area contributed by atoms with Crippen molar-refractivity contribution in [3.63, 3.8) is 0 Å². The summed E-state index contributed by atoms with van der Waals surface area (Å²) in [6.45, 7) is 0. The maximum absolute atomic E-state index is 5.01. The summed E-state index contributed by atoms with van der Waals surface area (Å²) in [5.74, 6) is 0.781. The van der Waals surface area contributed by atoms with Crippen LogP contribution in [0.1, 0.15) is 11.1 Å². The van der Waals surface area contributed by atoms with Gasteiger partial charge in [-0.15, -0.1) is 0 Å². The number of hydrogen-bond acceptors (Lipinski definition) is 2. The number of benzene rings is 3. The minimum atomic E-state index is 0.781. The van der Waals surface area contributed by atoms with Crippen LogP contribution in [0.2, 0.25) is 0 Å². The topological polar surface area (TPSA) is 25.8 Å². The number of halogens is 1. The molecule has 0 amide bonds. The van der Waals surface area contributed by atoms with Crippen LogP contribution in [-0.2, 0) is 12.8 Å². The van der Waals surface area contributed by atoms with Gasteiger partial charge >= 0.3 is 0 Å². The highest BCUT2D eigenvalue weighted by Gasteiger charge is 2.23. The molecule has 0 saturated carbocycles. The molecule has 27 heavy (non-hydrogen) atoms. The average molecular weight is 413 g/mol. The van der Waals surface area contributed by atoms with E-state index >= 15 is 0 Å². The predicted octanol–water partition coefficient (Wildman–Crippen LogP) is 6.34. The molecule has 0 saturated heterocycles. The van der Waals surface area contributed by atoms with Crippen LogP contribution in [0.15, 0.2) is 83.3 Å². The van der Waals surface area contributed by atoms with Crippen LogP contribution in [0.4, 0.5) is 0 Å². The Kier molecular flexibility index (Phi) is 4.10. The average Bonchev–Trinajstić information content (AvgIpc) is 2.74. The zero-order valence-corrected chi connectivity index (χ0v) is 16.3. The van der Waals surface area contributed by atoms with Gasteiger partial charge in [0, 0.05) is 26.7 Å². The van der Waals surface area contributed by atoms with E-state index in [1.54, 1.807) is 0 Å². The summed E-state index contributed by atoms with van der Waals surface area (Å²) in [7, 11) is 0. The number of hydrogen-bond donors (Lipinski definition) is 0. The van der Waals surface area contributed by atoms with Gasteiger partial charge in [-0.25, -0.2) is 9.97 Å². The van der Waals surface area contributed by atoms with E-state index in [9.17, 15) is 0 Å². The standard InChI is InChI=1S/C24H17BrN2/c25-19-13-10-17(11-14-19)22-21-15-12-16-6-4-5-9-20(16)23(21)27-24(26-22)18-7-2-1-3-8-18/h1-11,13-14H,12,15H2. The number of rotatable bonds is 2. The van der Waals surface area contributed by atoms with Gasteiger partial charge < -0.3 is 0 Å². The molecule has 4 aromatic rings. The first-order chi connectivity index (χ1) is 13.3. The lowest BCUT2D eigenvalue weighted by Gasteiger charge is -2.22. The normalized spacial score (nSPS) is 12.3. The highest BCUT2D eigenvalue weighted by Crippen LogP contribution is 2.38. The second kappa shape index (κ2) is 6.75. The predicted molar refractivity (Wildman–Crippen MR) is 113 cm³/mol. The van der Waals surface area contributed by atoms with Gasteiger partial charge in [0.25, 0.3) is 0 Å². The van der Waals surface area contributed by atoms with Crippen molar-refractivity contribution >= 4 is 15.9 Å². The first-order valence-corrected chi connectivity index (χ1v) is 9.89. The molecule has 0 spiro atoms. The summed E-state index contributed by atoms with van der Waals surface area (Å²) in [5, 5.41) is 0. The van der Waals surface area contributed by atoms with Crippen LogP contribution in [0.25, 0.3) is 33.9 Å². The van der Waals surface area contributed by atoms with E-state index in [4.69, 9.17) is 9.97 Å². The molecule has 3 aromatic carbocycles. The van der Waals surface area contributed by atoms with E-state index in [1.165, 1.54) is 16.7 Å². The third-order valence-electron chi connectivity index (χ3n) is 5.07. The van der Waals surface area contributed by atoms with Gasteiger partial charge in [-0.2, -0.15) is 0 Å². The van der Waals surface area contributed by atoms with Crippen molar-refractivity contribution in [2.45, 2.75) is 12.8 Å². The first kappa shape index (κ1) is 16.4. The fourth-order valence-electron chi connectivity index (χ4n) is 3.74. The summed E-state index contributed by atoms with van der Waals surface area (Å²) in [6.07, 6.45) is 1.99. The number of nitrogens with zero attached hydrogens (tertiary/aromatic N) is 2. The van der Waals surface area contributed by atoms with Gasteiger partial charge in [0.15, 0.2) is 5.82 Å². The third-order valence-corrected chi connectivity index (χ3v) is 5.60. The number of aryl methyl sites for hydroxylation is 1. The molecule has 3 heteroatoms. The monoisotopic (exact) mass is 412 g/mol. The van der Waals surface area contributed by atoms with E-state index in [0.717, 1.165) is 45.7 Å². The van der Waals surface area contributed by atoms with Crippen molar-refractivity contribution in [1.29, 1.82) is 0 Å². The Balaban J connectivity index is 1.79. The lowest BCUT2D eigenvalue weighted by molar-refractivity contribution is 0.916. The Morgan fingerprint density at radius 2 is 1.33 bits per heavy atom. The largest absolute Gasteiger partial charge is 0.228 e. The molecule has 1 aliphatic carbocycles. The second-order valence-electron chi connectivity index (χ2n) is 6.75. The molecule has 0 radical (unpaired) electrons. The minimum absolute atomic E-state index is 0.781. The molecule has 0 fully saturated rings. The highest BCUT2D eigenvalue weighted by molar-refractivity contribution is 9.10. The Morgan fingerprint density at radius 1 is 0.630 bits per heavy atom. The molecule has 130 valence electrons. The lowest BCUT2D eigenvalue weighted by atomic mass is 9.87. The molecular weight excluding hydrogens is 396 g/mol. The van der Waals surface area contributed by atoms with Gasteiger partial charge in [0.1, 0.15) is 0 Å². The number of fused-ring (bicyclic) bond motifs is 3. The summed E-state index contributed by atoms with van der Waals surface area (Å²) >= 11 is 3.53. The van der Waals surface area contributed by atoms with Gasteiger partial charge in [0.2, 0.25) is 0 Å². The summed E-state index contributed by atoms with van der Waals surface area (Å²) in [5.41, 5.74) is 8.14. The Morgan fingerprint density at radius 3 is 2.15 bits per heavy atom. The van der Waals surface area contributed by atoms with E-state index in [0.29, 0.717) is 0 Å². The Labute approximate surface area is 167 Å². The Hall–Kier alpha value is -2.78. The molecule has 5 rings (SSSR count).